The summed E-state index contributed by atoms with van der Waals surface area (Å²) in [5, 5.41) is 3.54. The van der Waals surface area contributed by atoms with Crippen LogP contribution in [0.25, 0.3) is 5.65 Å². The third-order valence-corrected chi connectivity index (χ3v) is 3.35. The summed E-state index contributed by atoms with van der Waals surface area (Å²) in [5.41, 5.74) is 3.39. The highest BCUT2D eigenvalue weighted by Gasteiger charge is 2.20. The molecule has 84 valence electrons. The third-order valence-electron chi connectivity index (χ3n) is 3.35. The van der Waals surface area contributed by atoms with Crippen molar-refractivity contribution in [3.8, 4) is 0 Å². The Morgan fingerprint density at radius 2 is 2.38 bits per heavy atom. The van der Waals surface area contributed by atoms with Gasteiger partial charge in [-0.3, -0.25) is 4.40 Å². The molecule has 0 saturated carbocycles. The first-order valence-electron chi connectivity index (χ1n) is 5.88. The highest BCUT2D eigenvalue weighted by Crippen LogP contribution is 2.25. The normalized spacial score (nSPS) is 21.4. The second kappa shape index (κ2) is 3.87. The average Bonchev–Trinajstić information content (AvgIpc) is 2.69. The molecule has 16 heavy (non-hydrogen) atoms. The van der Waals surface area contributed by atoms with Gasteiger partial charge < -0.3 is 5.32 Å². The van der Waals surface area contributed by atoms with Crippen LogP contribution < -0.4 is 5.32 Å². The molecule has 2 aromatic rings. The molecule has 1 N–H and O–H groups in total. The van der Waals surface area contributed by atoms with E-state index in [1.54, 1.807) is 6.20 Å². The fourth-order valence-corrected chi connectivity index (χ4v) is 2.45. The highest BCUT2D eigenvalue weighted by atomic mass is 15.1. The topological polar surface area (TPSA) is 42.2 Å². The minimum Gasteiger partial charge on any atom is -0.309 e. The molecule has 1 aliphatic rings. The molecule has 1 aliphatic heterocycles. The molecule has 1 atom stereocenters. The molecule has 3 heterocycles. The predicted molar refractivity (Wildman–Crippen MR) is 62.3 cm³/mol. The third kappa shape index (κ3) is 1.50. The van der Waals surface area contributed by atoms with E-state index in [0.29, 0.717) is 6.04 Å². The number of fused-ring (bicyclic) bond motifs is 1. The SMILES string of the molecule is Cc1c(C2CCCCN2)nc2ccncn12. The second-order valence-electron chi connectivity index (χ2n) is 4.39. The molecule has 0 radical (unpaired) electrons. The van der Waals surface area contributed by atoms with E-state index in [1.165, 1.54) is 30.7 Å². The van der Waals surface area contributed by atoms with Crippen molar-refractivity contribution < 1.29 is 0 Å². The van der Waals surface area contributed by atoms with Crippen molar-refractivity contribution in [3.05, 3.63) is 30.0 Å². The lowest BCUT2D eigenvalue weighted by molar-refractivity contribution is 0.405. The smallest absolute Gasteiger partial charge is 0.140 e. The summed E-state index contributed by atoms with van der Waals surface area (Å²) in [4.78, 5) is 8.83. The monoisotopic (exact) mass is 216 g/mol. The number of aryl methyl sites for hydroxylation is 1. The predicted octanol–water partition coefficient (Wildman–Crippen LogP) is 1.85. The van der Waals surface area contributed by atoms with Crippen molar-refractivity contribution in [2.45, 2.75) is 32.2 Å². The van der Waals surface area contributed by atoms with Gasteiger partial charge in [0.1, 0.15) is 12.0 Å². The lowest BCUT2D eigenvalue weighted by Gasteiger charge is -2.22. The van der Waals surface area contributed by atoms with Crippen LogP contribution in [-0.2, 0) is 0 Å². The molecule has 2 aromatic heterocycles. The summed E-state index contributed by atoms with van der Waals surface area (Å²) in [6.07, 6.45) is 7.40. The van der Waals surface area contributed by atoms with Gasteiger partial charge in [0.25, 0.3) is 0 Å². The number of rotatable bonds is 1. The first-order chi connectivity index (χ1) is 7.86. The first kappa shape index (κ1) is 9.78. The molecule has 3 rings (SSSR count). The average molecular weight is 216 g/mol. The molecule has 0 bridgehead atoms. The number of hydrogen-bond acceptors (Lipinski definition) is 3. The zero-order valence-electron chi connectivity index (χ0n) is 9.48. The van der Waals surface area contributed by atoms with E-state index >= 15 is 0 Å². The summed E-state index contributed by atoms with van der Waals surface area (Å²) in [7, 11) is 0. The quantitative estimate of drug-likeness (QED) is 0.791. The van der Waals surface area contributed by atoms with Gasteiger partial charge >= 0.3 is 0 Å². The van der Waals surface area contributed by atoms with Gasteiger partial charge in [-0.1, -0.05) is 6.42 Å². The maximum Gasteiger partial charge on any atom is 0.140 e. The zero-order chi connectivity index (χ0) is 11.0. The van der Waals surface area contributed by atoms with Gasteiger partial charge in [-0.2, -0.15) is 0 Å². The highest BCUT2D eigenvalue weighted by molar-refractivity contribution is 5.42. The minimum absolute atomic E-state index is 0.425. The second-order valence-corrected chi connectivity index (χ2v) is 4.39. The Morgan fingerprint density at radius 1 is 1.44 bits per heavy atom. The Balaban J connectivity index is 2.05. The van der Waals surface area contributed by atoms with Crippen LogP contribution in [-0.4, -0.2) is 20.9 Å². The van der Waals surface area contributed by atoms with Crippen LogP contribution in [0.4, 0.5) is 0 Å². The lowest BCUT2D eigenvalue weighted by Crippen LogP contribution is -2.27. The van der Waals surface area contributed by atoms with Crippen LogP contribution in [0.3, 0.4) is 0 Å². The summed E-state index contributed by atoms with van der Waals surface area (Å²) < 4.78 is 2.06. The largest absolute Gasteiger partial charge is 0.309 e. The molecule has 0 aromatic carbocycles. The van der Waals surface area contributed by atoms with Gasteiger partial charge in [0.2, 0.25) is 0 Å². The maximum absolute atomic E-state index is 4.70. The Hall–Kier alpha value is -1.42. The zero-order valence-corrected chi connectivity index (χ0v) is 9.48. The van der Waals surface area contributed by atoms with Crippen LogP contribution in [0, 0.1) is 6.92 Å². The van der Waals surface area contributed by atoms with E-state index in [2.05, 4.69) is 21.6 Å². The van der Waals surface area contributed by atoms with Crippen molar-refractivity contribution in [1.82, 2.24) is 19.7 Å². The molecule has 4 nitrogen and oxygen atoms in total. The van der Waals surface area contributed by atoms with Gasteiger partial charge in [0.15, 0.2) is 0 Å². The van der Waals surface area contributed by atoms with Crippen LogP contribution >= 0.6 is 0 Å². The molecule has 0 spiro atoms. The number of hydrogen-bond donors (Lipinski definition) is 1. The summed E-state index contributed by atoms with van der Waals surface area (Å²) in [5.74, 6) is 0. The van der Waals surface area contributed by atoms with Gasteiger partial charge in [0.05, 0.1) is 11.7 Å². The standard InChI is InChI=1S/C12H16N4/c1-9-12(10-4-2-3-6-14-10)15-11-5-7-13-8-16(9)11/h5,7-8,10,14H,2-4,6H2,1H3. The van der Waals surface area contributed by atoms with Crippen LogP contribution in [0.2, 0.25) is 0 Å². The fourth-order valence-electron chi connectivity index (χ4n) is 2.45. The number of nitrogens with zero attached hydrogens (tertiary/aromatic N) is 3. The van der Waals surface area contributed by atoms with E-state index in [-0.39, 0.29) is 0 Å². The molecule has 1 unspecified atom stereocenters. The molecule has 4 heteroatoms. The van der Waals surface area contributed by atoms with E-state index in [1.807, 2.05) is 12.4 Å². The van der Waals surface area contributed by atoms with Crippen molar-refractivity contribution in [1.29, 1.82) is 0 Å². The molecule has 1 saturated heterocycles. The van der Waals surface area contributed by atoms with Crippen molar-refractivity contribution in [3.63, 3.8) is 0 Å². The maximum atomic E-state index is 4.70. The van der Waals surface area contributed by atoms with Crippen molar-refractivity contribution in [2.24, 2.45) is 0 Å². The molecule has 0 amide bonds. The Kier molecular flexibility index (Phi) is 2.36. The van der Waals surface area contributed by atoms with Crippen molar-refractivity contribution in [2.75, 3.05) is 6.54 Å². The molecule has 1 fully saturated rings. The van der Waals surface area contributed by atoms with E-state index in [9.17, 15) is 0 Å². The van der Waals surface area contributed by atoms with Crippen LogP contribution in [0.1, 0.15) is 36.7 Å². The molecule has 0 aliphatic carbocycles. The Labute approximate surface area is 94.7 Å². The Morgan fingerprint density at radius 3 is 3.12 bits per heavy atom. The van der Waals surface area contributed by atoms with Gasteiger partial charge in [-0.25, -0.2) is 9.97 Å². The van der Waals surface area contributed by atoms with Gasteiger partial charge in [0, 0.05) is 11.9 Å². The molecular formula is C12H16N4. The molecular weight excluding hydrogens is 200 g/mol. The number of nitrogens with one attached hydrogen (secondary N) is 1. The van der Waals surface area contributed by atoms with Crippen LogP contribution in [0.5, 0.6) is 0 Å². The first-order valence-corrected chi connectivity index (χ1v) is 5.88. The summed E-state index contributed by atoms with van der Waals surface area (Å²) in [6.45, 7) is 3.23. The lowest BCUT2D eigenvalue weighted by atomic mass is 10.0. The van der Waals surface area contributed by atoms with Gasteiger partial charge in [-0.15, -0.1) is 0 Å². The van der Waals surface area contributed by atoms with Crippen molar-refractivity contribution >= 4 is 5.65 Å². The minimum atomic E-state index is 0.425. The van der Waals surface area contributed by atoms with Crippen LogP contribution in [0.15, 0.2) is 18.6 Å². The fraction of sp³-hybridized carbons (Fsp3) is 0.500. The summed E-state index contributed by atoms with van der Waals surface area (Å²) in [6, 6.07) is 2.38. The number of imidazole rings is 1. The summed E-state index contributed by atoms with van der Waals surface area (Å²) >= 11 is 0. The van der Waals surface area contributed by atoms with Gasteiger partial charge in [-0.05, 0) is 32.4 Å². The van der Waals surface area contributed by atoms with E-state index < -0.39 is 0 Å². The Bertz CT molecular complexity index is 497. The van der Waals surface area contributed by atoms with E-state index in [4.69, 9.17) is 4.98 Å². The number of piperidine rings is 1. The number of aromatic nitrogens is 3. The van der Waals surface area contributed by atoms with E-state index in [0.717, 1.165) is 12.2 Å².